The van der Waals surface area contributed by atoms with Crippen molar-refractivity contribution in [3.63, 3.8) is 0 Å². The van der Waals surface area contributed by atoms with Gasteiger partial charge < -0.3 is 5.11 Å². The van der Waals surface area contributed by atoms with E-state index in [0.29, 0.717) is 22.0 Å². The molecule has 9 heteroatoms. The van der Waals surface area contributed by atoms with E-state index in [4.69, 9.17) is 11.6 Å². The van der Waals surface area contributed by atoms with E-state index >= 15 is 0 Å². The SMILES string of the molecule is C/C(=N/NC(=O)CN(c1ccc(C)cc1)S(=O)(=O)c1ccc(Cl)cc1)c1ccccc1O. The molecule has 32 heavy (non-hydrogen) atoms. The van der Waals surface area contributed by atoms with Crippen molar-refractivity contribution in [1.82, 2.24) is 5.43 Å². The molecule has 7 nitrogen and oxygen atoms in total. The number of halogens is 1. The number of sulfonamides is 1. The number of hydrogen-bond donors (Lipinski definition) is 2. The van der Waals surface area contributed by atoms with Crippen LogP contribution in [0.5, 0.6) is 5.75 Å². The minimum Gasteiger partial charge on any atom is -0.507 e. The first kappa shape index (κ1) is 23.3. The number of aromatic hydroxyl groups is 1. The molecule has 0 aliphatic carbocycles. The molecule has 0 radical (unpaired) electrons. The summed E-state index contributed by atoms with van der Waals surface area (Å²) >= 11 is 5.89. The van der Waals surface area contributed by atoms with E-state index < -0.39 is 22.5 Å². The van der Waals surface area contributed by atoms with Gasteiger partial charge in [0.05, 0.1) is 16.3 Å². The monoisotopic (exact) mass is 471 g/mol. The van der Waals surface area contributed by atoms with Crippen LogP contribution in [0.15, 0.2) is 82.8 Å². The Morgan fingerprint density at radius 2 is 1.66 bits per heavy atom. The molecule has 0 bridgehead atoms. The third-order valence-corrected chi connectivity index (χ3v) is 6.69. The van der Waals surface area contributed by atoms with Crippen molar-refractivity contribution in [1.29, 1.82) is 0 Å². The highest BCUT2D eigenvalue weighted by atomic mass is 35.5. The summed E-state index contributed by atoms with van der Waals surface area (Å²) in [6.07, 6.45) is 0. The summed E-state index contributed by atoms with van der Waals surface area (Å²) in [5, 5.41) is 14.3. The van der Waals surface area contributed by atoms with E-state index in [9.17, 15) is 18.3 Å². The number of aryl methyl sites for hydroxylation is 1. The van der Waals surface area contributed by atoms with Gasteiger partial charge >= 0.3 is 0 Å². The van der Waals surface area contributed by atoms with Crippen LogP contribution in [-0.2, 0) is 14.8 Å². The van der Waals surface area contributed by atoms with Gasteiger partial charge in [0.25, 0.3) is 15.9 Å². The average Bonchev–Trinajstić information content (AvgIpc) is 2.77. The van der Waals surface area contributed by atoms with E-state index in [1.54, 1.807) is 49.4 Å². The molecular weight excluding hydrogens is 450 g/mol. The summed E-state index contributed by atoms with van der Waals surface area (Å²) < 4.78 is 27.6. The van der Waals surface area contributed by atoms with Gasteiger partial charge in [-0.25, -0.2) is 13.8 Å². The maximum absolute atomic E-state index is 13.3. The summed E-state index contributed by atoms with van der Waals surface area (Å²) in [5.41, 5.74) is 4.48. The number of phenolic OH excluding ortho intramolecular Hbond substituents is 1. The molecule has 3 aromatic rings. The fraction of sp³-hybridized carbons (Fsp3) is 0.130. The van der Waals surface area contributed by atoms with Crippen molar-refractivity contribution in [3.8, 4) is 5.75 Å². The Morgan fingerprint density at radius 3 is 2.28 bits per heavy atom. The molecule has 2 N–H and O–H groups in total. The van der Waals surface area contributed by atoms with Crippen LogP contribution < -0.4 is 9.73 Å². The molecule has 0 fully saturated rings. The molecule has 0 saturated carbocycles. The van der Waals surface area contributed by atoms with Crippen molar-refractivity contribution >= 4 is 38.9 Å². The Morgan fingerprint density at radius 1 is 1.03 bits per heavy atom. The minimum absolute atomic E-state index is 0.00386. The molecule has 0 unspecified atom stereocenters. The van der Waals surface area contributed by atoms with Crippen molar-refractivity contribution in [2.75, 3.05) is 10.8 Å². The standard InChI is InChI=1S/C23H22ClN3O4S/c1-16-7-11-19(12-8-16)27(32(30,31)20-13-9-18(24)10-14-20)15-23(29)26-25-17(2)21-5-3-4-6-22(21)28/h3-14,28H,15H2,1-2H3,(H,26,29)/b25-17-. The van der Waals surface area contributed by atoms with E-state index in [1.165, 1.54) is 30.3 Å². The summed E-state index contributed by atoms with van der Waals surface area (Å²) in [7, 11) is -4.05. The maximum atomic E-state index is 13.3. The van der Waals surface area contributed by atoms with Gasteiger partial charge in [0.15, 0.2) is 0 Å². The lowest BCUT2D eigenvalue weighted by Crippen LogP contribution is -2.39. The third kappa shape index (κ3) is 5.46. The quantitative estimate of drug-likeness (QED) is 0.400. The zero-order chi connectivity index (χ0) is 23.3. The van der Waals surface area contributed by atoms with Crippen molar-refractivity contribution in [2.24, 2.45) is 5.10 Å². The zero-order valence-corrected chi connectivity index (χ0v) is 19.1. The smallest absolute Gasteiger partial charge is 0.264 e. The first-order valence-electron chi connectivity index (χ1n) is 9.65. The van der Waals surface area contributed by atoms with Crippen molar-refractivity contribution < 1.29 is 18.3 Å². The van der Waals surface area contributed by atoms with Gasteiger partial charge in [-0.2, -0.15) is 5.10 Å². The molecule has 1 amide bonds. The number of carbonyl (C=O) groups is 1. The normalized spacial score (nSPS) is 11.8. The number of rotatable bonds is 7. The minimum atomic E-state index is -4.05. The van der Waals surface area contributed by atoms with Gasteiger partial charge in [-0.1, -0.05) is 41.4 Å². The van der Waals surface area contributed by atoms with Gasteiger partial charge in [-0.3, -0.25) is 9.10 Å². The van der Waals surface area contributed by atoms with Crippen LogP contribution in [0, 0.1) is 6.92 Å². The van der Waals surface area contributed by atoms with Crippen LogP contribution in [0.3, 0.4) is 0 Å². The Bertz CT molecular complexity index is 1240. The van der Waals surface area contributed by atoms with Crippen LogP contribution in [0.2, 0.25) is 5.02 Å². The molecule has 3 aromatic carbocycles. The van der Waals surface area contributed by atoms with Crippen molar-refractivity contribution in [2.45, 2.75) is 18.7 Å². The van der Waals surface area contributed by atoms with E-state index in [0.717, 1.165) is 9.87 Å². The number of hydrazone groups is 1. The number of carbonyl (C=O) groups excluding carboxylic acids is 1. The Kier molecular flexibility index (Phi) is 7.17. The Balaban J connectivity index is 1.88. The highest BCUT2D eigenvalue weighted by Crippen LogP contribution is 2.25. The zero-order valence-electron chi connectivity index (χ0n) is 17.5. The molecule has 0 heterocycles. The second kappa shape index (κ2) is 9.84. The lowest BCUT2D eigenvalue weighted by Gasteiger charge is -2.24. The molecule has 166 valence electrons. The third-order valence-electron chi connectivity index (χ3n) is 4.65. The fourth-order valence-corrected chi connectivity index (χ4v) is 4.46. The lowest BCUT2D eigenvalue weighted by molar-refractivity contribution is -0.119. The highest BCUT2D eigenvalue weighted by molar-refractivity contribution is 7.92. The predicted octanol–water partition coefficient (Wildman–Crippen LogP) is 4.09. The van der Waals surface area contributed by atoms with E-state index in [-0.39, 0.29) is 10.6 Å². The average molecular weight is 472 g/mol. The maximum Gasteiger partial charge on any atom is 0.264 e. The molecule has 0 spiro atoms. The van der Waals surface area contributed by atoms with Crippen LogP contribution in [0.1, 0.15) is 18.1 Å². The molecule has 3 rings (SSSR count). The number of amides is 1. The second-order valence-corrected chi connectivity index (χ2v) is 9.35. The first-order valence-corrected chi connectivity index (χ1v) is 11.5. The number of benzene rings is 3. The lowest BCUT2D eigenvalue weighted by atomic mass is 10.1. The summed E-state index contributed by atoms with van der Waals surface area (Å²) in [6, 6.07) is 19.1. The molecule has 0 aliphatic rings. The Labute approximate surface area is 192 Å². The number of nitrogens with zero attached hydrogens (tertiary/aromatic N) is 2. The summed E-state index contributed by atoms with van der Waals surface area (Å²) in [5.74, 6) is -0.618. The van der Waals surface area contributed by atoms with Crippen LogP contribution in [0.4, 0.5) is 5.69 Å². The number of para-hydroxylation sites is 1. The summed E-state index contributed by atoms with van der Waals surface area (Å²) in [6.45, 7) is 3.01. The number of phenols is 1. The molecule has 0 saturated heterocycles. The molecular formula is C23H22ClN3O4S. The number of nitrogens with one attached hydrogen (secondary N) is 1. The van der Waals surface area contributed by atoms with Gasteiger partial charge in [0.2, 0.25) is 0 Å². The fourth-order valence-electron chi connectivity index (χ4n) is 2.91. The second-order valence-electron chi connectivity index (χ2n) is 7.05. The van der Waals surface area contributed by atoms with Gasteiger partial charge in [-0.05, 0) is 62.4 Å². The van der Waals surface area contributed by atoms with Gasteiger partial charge in [-0.15, -0.1) is 0 Å². The van der Waals surface area contributed by atoms with E-state index in [2.05, 4.69) is 10.5 Å². The van der Waals surface area contributed by atoms with Crippen LogP contribution in [-0.4, -0.2) is 31.7 Å². The molecule has 0 aromatic heterocycles. The summed E-state index contributed by atoms with van der Waals surface area (Å²) in [4.78, 5) is 12.6. The van der Waals surface area contributed by atoms with Gasteiger partial charge in [0, 0.05) is 10.6 Å². The topological polar surface area (TPSA) is 99.1 Å². The first-order chi connectivity index (χ1) is 15.2. The largest absolute Gasteiger partial charge is 0.507 e. The van der Waals surface area contributed by atoms with Crippen LogP contribution >= 0.6 is 11.6 Å². The predicted molar refractivity (Wildman–Crippen MR) is 126 cm³/mol. The van der Waals surface area contributed by atoms with Gasteiger partial charge in [0.1, 0.15) is 12.3 Å². The van der Waals surface area contributed by atoms with Crippen molar-refractivity contribution in [3.05, 3.63) is 88.9 Å². The Hall–Kier alpha value is -3.36. The molecule has 0 atom stereocenters. The highest BCUT2D eigenvalue weighted by Gasteiger charge is 2.27. The van der Waals surface area contributed by atoms with E-state index in [1.807, 2.05) is 6.92 Å². The molecule has 0 aliphatic heterocycles. The van der Waals surface area contributed by atoms with Crippen LogP contribution in [0.25, 0.3) is 0 Å². The number of hydrogen-bond acceptors (Lipinski definition) is 5. The number of anilines is 1.